The van der Waals surface area contributed by atoms with E-state index in [4.69, 9.17) is 0 Å². The molecular formula is C25H23F3N6O. The van der Waals surface area contributed by atoms with E-state index in [0.717, 1.165) is 42.7 Å². The zero-order valence-corrected chi connectivity index (χ0v) is 18.7. The third kappa shape index (κ3) is 4.82. The third-order valence-electron chi connectivity index (χ3n) is 6.27. The number of alkyl halides is 3. The average Bonchev–Trinajstić information content (AvgIpc) is 3.56. The number of hydrogen-bond donors (Lipinski definition) is 1. The third-order valence-corrected chi connectivity index (χ3v) is 6.27. The Morgan fingerprint density at radius 2 is 1.94 bits per heavy atom. The van der Waals surface area contributed by atoms with Gasteiger partial charge in [0.15, 0.2) is 0 Å². The van der Waals surface area contributed by atoms with E-state index in [1.165, 1.54) is 18.5 Å². The van der Waals surface area contributed by atoms with Gasteiger partial charge in [0.2, 0.25) is 0 Å². The highest BCUT2D eigenvalue weighted by atomic mass is 19.4. The molecule has 5 rings (SSSR count). The number of halogens is 3. The molecule has 180 valence electrons. The highest BCUT2D eigenvalue weighted by molar-refractivity contribution is 5.95. The van der Waals surface area contributed by atoms with Gasteiger partial charge in [0, 0.05) is 17.7 Å². The monoisotopic (exact) mass is 480 g/mol. The second kappa shape index (κ2) is 9.36. The average molecular weight is 480 g/mol. The number of H-pyrrole nitrogens is 1. The summed E-state index contributed by atoms with van der Waals surface area (Å²) >= 11 is 0. The Bertz CT molecular complexity index is 1300. The van der Waals surface area contributed by atoms with Crippen LogP contribution in [0, 0.1) is 0 Å². The number of aromatic amines is 1. The van der Waals surface area contributed by atoms with E-state index in [0.29, 0.717) is 29.8 Å². The first-order valence-electron chi connectivity index (χ1n) is 11.3. The van der Waals surface area contributed by atoms with Crippen molar-refractivity contribution in [2.45, 2.75) is 38.0 Å². The maximum absolute atomic E-state index is 13.6. The van der Waals surface area contributed by atoms with Crippen molar-refractivity contribution in [1.29, 1.82) is 0 Å². The summed E-state index contributed by atoms with van der Waals surface area (Å²) in [6.45, 7) is 1.09. The van der Waals surface area contributed by atoms with Crippen LogP contribution in [0.3, 0.4) is 0 Å². The largest absolute Gasteiger partial charge is 0.416 e. The van der Waals surface area contributed by atoms with Crippen LogP contribution in [0.4, 0.5) is 13.2 Å². The second-order valence-corrected chi connectivity index (χ2v) is 8.58. The van der Waals surface area contributed by atoms with Gasteiger partial charge in [-0.15, -0.1) is 0 Å². The number of rotatable bonds is 5. The second-order valence-electron chi connectivity index (χ2n) is 8.58. The molecule has 1 aliphatic rings. The van der Waals surface area contributed by atoms with Crippen LogP contribution in [0.15, 0.2) is 67.4 Å². The number of carbonyl (C=O) groups excluding carboxylic acids is 1. The summed E-state index contributed by atoms with van der Waals surface area (Å²) in [4.78, 5) is 19.4. The van der Waals surface area contributed by atoms with E-state index in [1.807, 2.05) is 23.1 Å². The van der Waals surface area contributed by atoms with Crippen molar-refractivity contribution in [3.8, 4) is 11.1 Å². The van der Waals surface area contributed by atoms with E-state index in [1.54, 1.807) is 23.3 Å². The summed E-state index contributed by atoms with van der Waals surface area (Å²) in [7, 11) is 0. The molecule has 1 fully saturated rings. The van der Waals surface area contributed by atoms with Gasteiger partial charge in [0.1, 0.15) is 12.7 Å². The Morgan fingerprint density at radius 3 is 2.69 bits per heavy atom. The molecule has 7 nitrogen and oxygen atoms in total. The van der Waals surface area contributed by atoms with Gasteiger partial charge in [-0.25, -0.2) is 9.67 Å². The van der Waals surface area contributed by atoms with Crippen molar-refractivity contribution >= 4 is 5.91 Å². The number of nitrogens with zero attached hydrogens (tertiary/aromatic N) is 5. The predicted molar refractivity (Wildman–Crippen MR) is 122 cm³/mol. The minimum absolute atomic E-state index is 0.0943. The molecule has 1 saturated heterocycles. The molecule has 0 bridgehead atoms. The fourth-order valence-electron chi connectivity index (χ4n) is 4.56. The van der Waals surface area contributed by atoms with Crippen LogP contribution >= 0.6 is 0 Å². The number of amides is 1. The first kappa shape index (κ1) is 22.8. The molecule has 3 heterocycles. The first-order valence-corrected chi connectivity index (χ1v) is 11.3. The van der Waals surface area contributed by atoms with Gasteiger partial charge in [-0.1, -0.05) is 24.3 Å². The molecule has 2 aromatic carbocycles. The maximum Gasteiger partial charge on any atom is 0.416 e. The fraction of sp³-hybridized carbons (Fsp3) is 0.280. The standard InChI is InChI=1S/C25H23F3N6O/c26-25(27,28)20-9-7-18(8-10-20)21-13-30-32-23(21)22-6-1-2-11-34(22)24(35)19-5-3-4-17(12-19)14-33-16-29-15-31-33/h3-5,7-10,12-13,15-16,22H,1-2,6,11,14H2,(H,30,32)/t22-/m0/s1. The molecule has 0 spiro atoms. The summed E-state index contributed by atoms with van der Waals surface area (Å²) in [6, 6.07) is 12.2. The Kier molecular flexibility index (Phi) is 6.10. The van der Waals surface area contributed by atoms with Crippen LogP contribution < -0.4 is 0 Å². The lowest BCUT2D eigenvalue weighted by molar-refractivity contribution is -0.137. The molecule has 10 heteroatoms. The summed E-state index contributed by atoms with van der Waals surface area (Å²) in [6.07, 6.45) is 2.85. The molecule has 0 aliphatic carbocycles. The quantitative estimate of drug-likeness (QED) is 0.431. The van der Waals surface area contributed by atoms with Crippen molar-refractivity contribution in [3.05, 3.63) is 89.8 Å². The molecule has 4 aromatic rings. The van der Waals surface area contributed by atoms with Crippen LogP contribution in [-0.2, 0) is 12.7 Å². The molecule has 1 amide bonds. The topological polar surface area (TPSA) is 79.7 Å². The summed E-state index contributed by atoms with van der Waals surface area (Å²) in [5.74, 6) is -0.0943. The van der Waals surface area contributed by atoms with E-state index < -0.39 is 11.7 Å². The number of hydrogen-bond acceptors (Lipinski definition) is 4. The van der Waals surface area contributed by atoms with Gasteiger partial charge < -0.3 is 4.90 Å². The normalized spacial score (nSPS) is 16.4. The Hall–Kier alpha value is -3.95. The Balaban J connectivity index is 1.41. The van der Waals surface area contributed by atoms with E-state index >= 15 is 0 Å². The van der Waals surface area contributed by atoms with Crippen molar-refractivity contribution in [2.75, 3.05) is 6.54 Å². The molecule has 1 atom stereocenters. The van der Waals surface area contributed by atoms with E-state index in [2.05, 4.69) is 20.3 Å². The Labute approximate surface area is 199 Å². The lowest BCUT2D eigenvalue weighted by Crippen LogP contribution is -2.39. The maximum atomic E-state index is 13.6. The SMILES string of the molecule is O=C(c1cccc(Cn2cncn2)c1)N1CCCC[C@H]1c1[nH]ncc1-c1ccc(C(F)(F)F)cc1. The highest BCUT2D eigenvalue weighted by Gasteiger charge is 2.33. The van der Waals surface area contributed by atoms with Crippen molar-refractivity contribution in [2.24, 2.45) is 0 Å². The molecule has 0 radical (unpaired) electrons. The minimum atomic E-state index is -4.40. The molecule has 1 N–H and O–H groups in total. The minimum Gasteiger partial charge on any atom is -0.330 e. The van der Waals surface area contributed by atoms with E-state index in [-0.39, 0.29) is 11.9 Å². The van der Waals surface area contributed by atoms with Crippen LogP contribution in [0.25, 0.3) is 11.1 Å². The van der Waals surface area contributed by atoms with Crippen LogP contribution in [-0.4, -0.2) is 42.3 Å². The summed E-state index contributed by atoms with van der Waals surface area (Å²) in [5, 5.41) is 11.3. The number of nitrogens with one attached hydrogen (secondary N) is 1. The number of benzene rings is 2. The van der Waals surface area contributed by atoms with E-state index in [9.17, 15) is 18.0 Å². The van der Waals surface area contributed by atoms with Crippen LogP contribution in [0.5, 0.6) is 0 Å². The summed E-state index contributed by atoms with van der Waals surface area (Å²) < 4.78 is 40.7. The molecule has 0 saturated carbocycles. The molecular weight excluding hydrogens is 457 g/mol. The van der Waals surface area contributed by atoms with Gasteiger partial charge in [0.25, 0.3) is 5.91 Å². The van der Waals surface area contributed by atoms with Gasteiger partial charge in [0.05, 0.1) is 30.0 Å². The first-order chi connectivity index (χ1) is 16.9. The zero-order chi connectivity index (χ0) is 24.4. The zero-order valence-electron chi connectivity index (χ0n) is 18.7. The number of aromatic nitrogens is 5. The number of piperidine rings is 1. The fourth-order valence-corrected chi connectivity index (χ4v) is 4.56. The number of likely N-dealkylation sites (tertiary alicyclic amines) is 1. The summed E-state index contributed by atoms with van der Waals surface area (Å²) in [5.41, 5.74) is 2.85. The van der Waals surface area contributed by atoms with Crippen LogP contribution in [0.2, 0.25) is 0 Å². The molecule has 0 unspecified atom stereocenters. The van der Waals surface area contributed by atoms with Crippen molar-refractivity contribution in [3.63, 3.8) is 0 Å². The van der Waals surface area contributed by atoms with Crippen molar-refractivity contribution < 1.29 is 18.0 Å². The van der Waals surface area contributed by atoms with Gasteiger partial charge in [-0.2, -0.15) is 23.4 Å². The van der Waals surface area contributed by atoms with Gasteiger partial charge >= 0.3 is 6.18 Å². The lowest BCUT2D eigenvalue weighted by atomic mass is 9.93. The molecule has 1 aliphatic heterocycles. The molecule has 35 heavy (non-hydrogen) atoms. The van der Waals surface area contributed by atoms with Crippen LogP contribution in [0.1, 0.15) is 52.5 Å². The smallest absolute Gasteiger partial charge is 0.330 e. The predicted octanol–water partition coefficient (Wildman–Crippen LogP) is 5.10. The lowest BCUT2D eigenvalue weighted by Gasteiger charge is -2.36. The molecule has 2 aromatic heterocycles. The van der Waals surface area contributed by atoms with Gasteiger partial charge in [-0.05, 0) is 54.7 Å². The van der Waals surface area contributed by atoms with Crippen molar-refractivity contribution in [1.82, 2.24) is 29.9 Å². The Morgan fingerprint density at radius 1 is 1.11 bits per heavy atom. The highest BCUT2D eigenvalue weighted by Crippen LogP contribution is 2.37. The number of carbonyl (C=O) groups is 1. The van der Waals surface area contributed by atoms with Gasteiger partial charge in [-0.3, -0.25) is 9.89 Å².